The first-order valence-electron chi connectivity index (χ1n) is 8.71. The molecule has 4 rings (SSSR count). The van der Waals surface area contributed by atoms with Crippen LogP contribution >= 0.6 is 0 Å². The van der Waals surface area contributed by atoms with Gasteiger partial charge in [0.15, 0.2) is 0 Å². The zero-order valence-electron chi connectivity index (χ0n) is 13.7. The fourth-order valence-electron chi connectivity index (χ4n) is 4.37. The summed E-state index contributed by atoms with van der Waals surface area (Å²) in [6.07, 6.45) is 4.49. The molecule has 0 radical (unpaired) electrons. The molecule has 23 heavy (non-hydrogen) atoms. The highest BCUT2D eigenvalue weighted by Gasteiger charge is 2.42. The maximum atomic E-state index is 13.3. The number of hydrogen-bond acceptors (Lipinski definition) is 2. The standard InChI is InChI=1S/C19H26FNO2/c1-13(7-14-3-2-4-17(20)10-14)8-19(23)21-11-15-5-6-18(21)16(9-15)12-22/h2-4,10,13,15-16,18,22H,5-9,11-12H2,1H3. The van der Waals surface area contributed by atoms with Crippen LogP contribution in [0.5, 0.6) is 0 Å². The first-order chi connectivity index (χ1) is 11.1. The maximum Gasteiger partial charge on any atom is 0.223 e. The molecule has 0 spiro atoms. The number of aliphatic hydroxyl groups is 1. The van der Waals surface area contributed by atoms with Crippen molar-refractivity contribution in [2.75, 3.05) is 13.2 Å². The second kappa shape index (κ2) is 7.00. The van der Waals surface area contributed by atoms with Gasteiger partial charge >= 0.3 is 0 Å². The first kappa shape index (κ1) is 16.4. The highest BCUT2D eigenvalue weighted by molar-refractivity contribution is 5.77. The van der Waals surface area contributed by atoms with Crippen molar-refractivity contribution >= 4 is 5.91 Å². The van der Waals surface area contributed by atoms with Crippen molar-refractivity contribution in [3.8, 4) is 0 Å². The van der Waals surface area contributed by atoms with Gasteiger partial charge in [0.25, 0.3) is 0 Å². The lowest BCUT2D eigenvalue weighted by Crippen LogP contribution is -2.56. The van der Waals surface area contributed by atoms with Crippen LogP contribution in [-0.4, -0.2) is 35.1 Å². The number of piperidine rings is 2. The molecule has 1 aliphatic carbocycles. The molecule has 4 heteroatoms. The van der Waals surface area contributed by atoms with Crippen LogP contribution in [0.4, 0.5) is 4.39 Å². The highest BCUT2D eigenvalue weighted by atomic mass is 19.1. The Morgan fingerprint density at radius 1 is 1.43 bits per heavy atom. The van der Waals surface area contributed by atoms with Gasteiger partial charge in [0.2, 0.25) is 5.91 Å². The summed E-state index contributed by atoms with van der Waals surface area (Å²) in [6, 6.07) is 6.84. The lowest BCUT2D eigenvalue weighted by molar-refractivity contribution is -0.143. The molecule has 3 nitrogen and oxygen atoms in total. The molecule has 1 saturated carbocycles. The Balaban J connectivity index is 1.58. The number of rotatable bonds is 5. The second-order valence-corrected chi connectivity index (χ2v) is 7.38. The molecular formula is C19H26FNO2. The third kappa shape index (κ3) is 3.74. The normalized spacial score (nSPS) is 28.0. The summed E-state index contributed by atoms with van der Waals surface area (Å²) in [5, 5.41) is 9.54. The Morgan fingerprint density at radius 2 is 2.26 bits per heavy atom. The number of hydrogen-bond donors (Lipinski definition) is 1. The highest BCUT2D eigenvalue weighted by Crippen LogP contribution is 2.39. The predicted octanol–water partition coefficient (Wildman–Crippen LogP) is 3.01. The molecule has 2 heterocycles. The number of carbonyl (C=O) groups is 1. The fraction of sp³-hybridized carbons (Fsp3) is 0.632. The molecule has 4 atom stereocenters. The SMILES string of the molecule is CC(CC(=O)N1CC2CCC1C(CO)C2)Cc1cccc(F)c1. The Hall–Kier alpha value is -1.42. The number of fused-ring (bicyclic) bond motifs is 3. The fourth-order valence-corrected chi connectivity index (χ4v) is 4.37. The summed E-state index contributed by atoms with van der Waals surface area (Å²) in [7, 11) is 0. The van der Waals surface area contributed by atoms with E-state index in [9.17, 15) is 14.3 Å². The molecule has 0 aromatic heterocycles. The van der Waals surface area contributed by atoms with Gasteiger partial charge in [-0.05, 0) is 55.2 Å². The quantitative estimate of drug-likeness (QED) is 0.906. The van der Waals surface area contributed by atoms with Gasteiger partial charge in [0.05, 0.1) is 0 Å². The second-order valence-electron chi connectivity index (χ2n) is 7.38. The third-order valence-electron chi connectivity index (χ3n) is 5.46. The summed E-state index contributed by atoms with van der Waals surface area (Å²) < 4.78 is 13.3. The van der Waals surface area contributed by atoms with E-state index in [1.165, 1.54) is 12.5 Å². The number of amides is 1. The van der Waals surface area contributed by atoms with E-state index >= 15 is 0 Å². The van der Waals surface area contributed by atoms with Gasteiger partial charge in [-0.15, -0.1) is 0 Å². The molecule has 1 aromatic carbocycles. The smallest absolute Gasteiger partial charge is 0.223 e. The Morgan fingerprint density at radius 3 is 2.96 bits per heavy atom. The van der Waals surface area contributed by atoms with Crippen LogP contribution in [0.1, 0.15) is 38.2 Å². The van der Waals surface area contributed by atoms with Crippen molar-refractivity contribution < 1.29 is 14.3 Å². The molecule has 3 fully saturated rings. The minimum atomic E-state index is -0.222. The Kier molecular flexibility index (Phi) is 5.00. The zero-order valence-corrected chi connectivity index (χ0v) is 13.7. The molecule has 2 aliphatic heterocycles. The summed E-state index contributed by atoms with van der Waals surface area (Å²) in [4.78, 5) is 14.7. The van der Waals surface area contributed by atoms with Crippen LogP contribution in [0.2, 0.25) is 0 Å². The summed E-state index contributed by atoms with van der Waals surface area (Å²) in [6.45, 7) is 3.09. The predicted molar refractivity (Wildman–Crippen MR) is 87.3 cm³/mol. The number of benzene rings is 1. The van der Waals surface area contributed by atoms with E-state index in [1.807, 2.05) is 11.0 Å². The van der Waals surface area contributed by atoms with E-state index in [1.54, 1.807) is 12.1 Å². The molecule has 1 N–H and O–H groups in total. The third-order valence-corrected chi connectivity index (χ3v) is 5.46. The van der Waals surface area contributed by atoms with Crippen molar-refractivity contribution in [3.05, 3.63) is 35.6 Å². The van der Waals surface area contributed by atoms with Crippen LogP contribution < -0.4 is 0 Å². The monoisotopic (exact) mass is 319 g/mol. The number of nitrogens with zero attached hydrogens (tertiary/aromatic N) is 1. The van der Waals surface area contributed by atoms with E-state index in [0.717, 1.165) is 31.4 Å². The van der Waals surface area contributed by atoms with E-state index in [-0.39, 0.29) is 36.2 Å². The molecule has 2 bridgehead atoms. The Labute approximate surface area is 137 Å². The average molecular weight is 319 g/mol. The molecule has 1 aromatic rings. The van der Waals surface area contributed by atoms with E-state index < -0.39 is 0 Å². The van der Waals surface area contributed by atoms with Gasteiger partial charge in [-0.25, -0.2) is 4.39 Å². The molecule has 126 valence electrons. The minimum Gasteiger partial charge on any atom is -0.396 e. The summed E-state index contributed by atoms with van der Waals surface area (Å²) >= 11 is 0. The summed E-state index contributed by atoms with van der Waals surface area (Å²) in [5.74, 6) is 0.976. The van der Waals surface area contributed by atoms with Crippen molar-refractivity contribution in [2.45, 2.75) is 45.1 Å². The topological polar surface area (TPSA) is 40.5 Å². The number of aliphatic hydroxyl groups excluding tert-OH is 1. The van der Waals surface area contributed by atoms with E-state index in [0.29, 0.717) is 12.3 Å². The van der Waals surface area contributed by atoms with Crippen molar-refractivity contribution in [1.29, 1.82) is 0 Å². The van der Waals surface area contributed by atoms with E-state index in [2.05, 4.69) is 6.92 Å². The molecule has 2 saturated heterocycles. The van der Waals surface area contributed by atoms with Gasteiger partial charge < -0.3 is 10.0 Å². The zero-order chi connectivity index (χ0) is 16.4. The molecule has 4 unspecified atom stereocenters. The van der Waals surface area contributed by atoms with Crippen LogP contribution in [0.3, 0.4) is 0 Å². The number of carbonyl (C=O) groups excluding carboxylic acids is 1. The molecular weight excluding hydrogens is 293 g/mol. The maximum absolute atomic E-state index is 13.3. The van der Waals surface area contributed by atoms with Crippen molar-refractivity contribution in [3.63, 3.8) is 0 Å². The van der Waals surface area contributed by atoms with Gasteiger partial charge in [-0.3, -0.25) is 4.79 Å². The van der Waals surface area contributed by atoms with Gasteiger partial charge in [-0.1, -0.05) is 19.1 Å². The van der Waals surface area contributed by atoms with Crippen LogP contribution in [0, 0.1) is 23.6 Å². The first-order valence-corrected chi connectivity index (χ1v) is 8.71. The van der Waals surface area contributed by atoms with Crippen LogP contribution in [0.15, 0.2) is 24.3 Å². The van der Waals surface area contributed by atoms with Crippen LogP contribution in [0.25, 0.3) is 0 Å². The lowest BCUT2D eigenvalue weighted by atomic mass is 9.73. The van der Waals surface area contributed by atoms with Gasteiger partial charge in [-0.2, -0.15) is 0 Å². The Bertz CT molecular complexity index is 562. The average Bonchev–Trinajstić information content (AvgIpc) is 2.54. The number of halogens is 1. The van der Waals surface area contributed by atoms with Crippen LogP contribution in [-0.2, 0) is 11.2 Å². The minimum absolute atomic E-state index is 0.184. The van der Waals surface area contributed by atoms with Gasteiger partial charge in [0, 0.05) is 31.5 Å². The lowest BCUT2D eigenvalue weighted by Gasteiger charge is -2.49. The van der Waals surface area contributed by atoms with Gasteiger partial charge in [0.1, 0.15) is 5.82 Å². The van der Waals surface area contributed by atoms with Crippen molar-refractivity contribution in [2.24, 2.45) is 17.8 Å². The van der Waals surface area contributed by atoms with E-state index in [4.69, 9.17) is 0 Å². The van der Waals surface area contributed by atoms with Crippen molar-refractivity contribution in [1.82, 2.24) is 4.90 Å². The molecule has 1 amide bonds. The largest absolute Gasteiger partial charge is 0.396 e. The summed E-state index contributed by atoms with van der Waals surface area (Å²) in [5.41, 5.74) is 0.943. The molecule has 3 aliphatic rings.